The number of nitrogens with zero attached hydrogens (tertiary/aromatic N) is 1. The maximum absolute atomic E-state index is 5.61. The van der Waals surface area contributed by atoms with E-state index < -0.39 is 0 Å². The van der Waals surface area contributed by atoms with Crippen LogP contribution in [0.15, 0.2) is 29.3 Å². The fraction of sp³-hybridized carbons (Fsp3) is 0.562. The summed E-state index contributed by atoms with van der Waals surface area (Å²) in [6, 6.07) is 8.71. The SMILES string of the molecule is CC(C)(C)c1ccccc1NC(=NC1CCCC1)NN. The molecule has 0 saturated heterocycles. The average molecular weight is 274 g/mol. The van der Waals surface area contributed by atoms with Gasteiger partial charge in [-0.2, -0.15) is 0 Å². The molecule has 1 aliphatic carbocycles. The number of benzene rings is 1. The van der Waals surface area contributed by atoms with E-state index in [-0.39, 0.29) is 5.41 Å². The lowest BCUT2D eigenvalue weighted by Gasteiger charge is -2.24. The molecule has 0 amide bonds. The molecule has 0 spiro atoms. The maximum atomic E-state index is 5.61. The molecule has 0 aromatic heterocycles. The first-order valence-electron chi connectivity index (χ1n) is 7.41. The lowest BCUT2D eigenvalue weighted by molar-refractivity contribution is 0.592. The molecule has 1 aromatic carbocycles. The molecule has 0 aliphatic heterocycles. The average Bonchev–Trinajstić information content (AvgIpc) is 2.90. The summed E-state index contributed by atoms with van der Waals surface area (Å²) in [5.74, 6) is 6.28. The molecule has 0 heterocycles. The van der Waals surface area contributed by atoms with Crippen molar-refractivity contribution < 1.29 is 0 Å². The van der Waals surface area contributed by atoms with E-state index in [1.807, 2.05) is 6.07 Å². The summed E-state index contributed by atoms with van der Waals surface area (Å²) in [7, 11) is 0. The number of hydrazine groups is 1. The van der Waals surface area contributed by atoms with E-state index in [0.717, 1.165) is 18.5 Å². The third-order valence-corrected chi connectivity index (χ3v) is 3.76. The van der Waals surface area contributed by atoms with Crippen LogP contribution in [0.25, 0.3) is 0 Å². The maximum Gasteiger partial charge on any atom is 0.210 e. The van der Waals surface area contributed by atoms with Gasteiger partial charge < -0.3 is 5.32 Å². The van der Waals surface area contributed by atoms with Crippen molar-refractivity contribution in [3.05, 3.63) is 29.8 Å². The zero-order valence-corrected chi connectivity index (χ0v) is 12.7. The topological polar surface area (TPSA) is 62.4 Å². The molecule has 110 valence electrons. The van der Waals surface area contributed by atoms with Crippen molar-refractivity contribution in [2.24, 2.45) is 10.8 Å². The normalized spacial score (nSPS) is 17.3. The minimum absolute atomic E-state index is 0.0800. The summed E-state index contributed by atoms with van der Waals surface area (Å²) in [4.78, 5) is 4.68. The third-order valence-electron chi connectivity index (χ3n) is 3.76. The number of rotatable bonds is 2. The molecule has 0 atom stereocenters. The minimum atomic E-state index is 0.0800. The summed E-state index contributed by atoms with van der Waals surface area (Å²) < 4.78 is 0. The lowest BCUT2D eigenvalue weighted by atomic mass is 9.86. The first-order chi connectivity index (χ1) is 9.50. The van der Waals surface area contributed by atoms with Crippen LogP contribution in [-0.4, -0.2) is 12.0 Å². The second-order valence-corrected chi connectivity index (χ2v) is 6.48. The standard InChI is InChI=1S/C16H26N4/c1-16(2,3)13-10-6-7-11-14(13)19-15(20-17)18-12-8-4-5-9-12/h6-7,10-12H,4-5,8-9,17H2,1-3H3,(H2,18,19,20). The van der Waals surface area contributed by atoms with Gasteiger partial charge in [-0.3, -0.25) is 5.43 Å². The summed E-state index contributed by atoms with van der Waals surface area (Å²) in [5, 5.41) is 3.34. The van der Waals surface area contributed by atoms with E-state index in [1.54, 1.807) is 0 Å². The Labute approximate surface area is 121 Å². The van der Waals surface area contributed by atoms with Crippen LogP contribution < -0.4 is 16.6 Å². The second-order valence-electron chi connectivity index (χ2n) is 6.48. The molecule has 0 bridgehead atoms. The Kier molecular flexibility index (Phi) is 4.65. The highest BCUT2D eigenvalue weighted by atomic mass is 15.3. The van der Waals surface area contributed by atoms with Gasteiger partial charge in [0.2, 0.25) is 5.96 Å². The van der Waals surface area contributed by atoms with Crippen LogP contribution in [0.3, 0.4) is 0 Å². The van der Waals surface area contributed by atoms with E-state index in [0.29, 0.717) is 12.0 Å². The molecule has 0 radical (unpaired) electrons. The van der Waals surface area contributed by atoms with Gasteiger partial charge in [0.1, 0.15) is 0 Å². The first-order valence-corrected chi connectivity index (χ1v) is 7.41. The number of nitrogens with two attached hydrogens (primary N) is 1. The highest BCUT2D eigenvalue weighted by Gasteiger charge is 2.19. The van der Waals surface area contributed by atoms with Gasteiger partial charge >= 0.3 is 0 Å². The van der Waals surface area contributed by atoms with E-state index in [4.69, 9.17) is 5.84 Å². The van der Waals surface area contributed by atoms with Crippen LogP contribution in [0.1, 0.15) is 52.0 Å². The van der Waals surface area contributed by atoms with E-state index in [2.05, 4.69) is 54.7 Å². The number of anilines is 1. The van der Waals surface area contributed by atoms with Crippen LogP contribution in [0, 0.1) is 0 Å². The Bertz CT molecular complexity index is 468. The van der Waals surface area contributed by atoms with Gasteiger partial charge in [-0.05, 0) is 29.9 Å². The molecule has 4 N–H and O–H groups in total. The number of guanidine groups is 1. The molecule has 20 heavy (non-hydrogen) atoms. The monoisotopic (exact) mass is 274 g/mol. The quantitative estimate of drug-likeness (QED) is 0.336. The highest BCUT2D eigenvalue weighted by molar-refractivity contribution is 5.94. The van der Waals surface area contributed by atoms with Crippen molar-refractivity contribution >= 4 is 11.6 Å². The van der Waals surface area contributed by atoms with Gasteiger partial charge in [-0.15, -0.1) is 0 Å². The summed E-state index contributed by atoms with van der Waals surface area (Å²) >= 11 is 0. The van der Waals surface area contributed by atoms with Crippen LogP contribution >= 0.6 is 0 Å². The van der Waals surface area contributed by atoms with Gasteiger partial charge in [0.25, 0.3) is 0 Å². The molecule has 0 unspecified atom stereocenters. The predicted molar refractivity (Wildman–Crippen MR) is 85.8 cm³/mol. The van der Waals surface area contributed by atoms with Crippen LogP contribution in [-0.2, 0) is 5.41 Å². The van der Waals surface area contributed by atoms with E-state index in [1.165, 1.54) is 18.4 Å². The Hall–Kier alpha value is -1.55. The van der Waals surface area contributed by atoms with Crippen molar-refractivity contribution in [2.45, 2.75) is 57.9 Å². The molecule has 1 aromatic rings. The number of hydrogen-bond acceptors (Lipinski definition) is 2. The number of nitrogens with one attached hydrogen (secondary N) is 2. The number of para-hydroxylation sites is 1. The van der Waals surface area contributed by atoms with E-state index >= 15 is 0 Å². The number of aliphatic imine (C=N–C) groups is 1. The van der Waals surface area contributed by atoms with Crippen molar-refractivity contribution in [3.8, 4) is 0 Å². The molecule has 4 nitrogen and oxygen atoms in total. The molecular formula is C16H26N4. The molecule has 1 fully saturated rings. The molecule has 2 rings (SSSR count). The Morgan fingerprint density at radius 1 is 1.20 bits per heavy atom. The minimum Gasteiger partial charge on any atom is -0.325 e. The third kappa shape index (κ3) is 3.73. The molecule has 1 saturated carbocycles. The van der Waals surface area contributed by atoms with Crippen LogP contribution in [0.5, 0.6) is 0 Å². The molecule has 1 aliphatic rings. The Morgan fingerprint density at radius 3 is 2.45 bits per heavy atom. The van der Waals surface area contributed by atoms with Gasteiger partial charge in [0, 0.05) is 5.69 Å². The van der Waals surface area contributed by atoms with Crippen molar-refractivity contribution in [1.82, 2.24) is 5.43 Å². The zero-order chi connectivity index (χ0) is 14.6. The number of hydrogen-bond donors (Lipinski definition) is 3. The molecule has 4 heteroatoms. The summed E-state index contributed by atoms with van der Waals surface area (Å²) in [5.41, 5.74) is 5.10. The first kappa shape index (κ1) is 14.9. The second kappa shape index (κ2) is 6.27. The largest absolute Gasteiger partial charge is 0.325 e. The van der Waals surface area contributed by atoms with Crippen molar-refractivity contribution in [2.75, 3.05) is 5.32 Å². The molecular weight excluding hydrogens is 248 g/mol. The fourth-order valence-corrected chi connectivity index (χ4v) is 2.70. The lowest BCUT2D eigenvalue weighted by Crippen LogP contribution is -2.37. The van der Waals surface area contributed by atoms with Crippen LogP contribution in [0.2, 0.25) is 0 Å². The van der Waals surface area contributed by atoms with Gasteiger partial charge in [0.15, 0.2) is 0 Å². The summed E-state index contributed by atoms with van der Waals surface area (Å²) in [6.07, 6.45) is 4.86. The fourth-order valence-electron chi connectivity index (χ4n) is 2.70. The van der Waals surface area contributed by atoms with Crippen molar-refractivity contribution in [1.29, 1.82) is 0 Å². The smallest absolute Gasteiger partial charge is 0.210 e. The highest BCUT2D eigenvalue weighted by Crippen LogP contribution is 2.29. The van der Waals surface area contributed by atoms with Crippen molar-refractivity contribution in [3.63, 3.8) is 0 Å². The zero-order valence-electron chi connectivity index (χ0n) is 12.7. The van der Waals surface area contributed by atoms with Gasteiger partial charge in [-0.1, -0.05) is 51.8 Å². The Morgan fingerprint density at radius 2 is 1.85 bits per heavy atom. The van der Waals surface area contributed by atoms with Gasteiger partial charge in [0.05, 0.1) is 6.04 Å². The van der Waals surface area contributed by atoms with Crippen LogP contribution in [0.4, 0.5) is 5.69 Å². The van der Waals surface area contributed by atoms with Gasteiger partial charge in [-0.25, -0.2) is 10.8 Å². The summed E-state index contributed by atoms with van der Waals surface area (Å²) in [6.45, 7) is 6.62. The Balaban J connectivity index is 2.19. The predicted octanol–water partition coefficient (Wildman–Crippen LogP) is 3.16. The van der Waals surface area contributed by atoms with E-state index in [9.17, 15) is 0 Å².